The van der Waals surface area contributed by atoms with Gasteiger partial charge in [-0.05, 0) is 25.7 Å². The highest BCUT2D eigenvalue weighted by molar-refractivity contribution is 7.86. The summed E-state index contributed by atoms with van der Waals surface area (Å²) in [6.07, 6.45) is -1.54. The van der Waals surface area contributed by atoms with Crippen molar-refractivity contribution in [3.63, 3.8) is 0 Å². The first-order chi connectivity index (χ1) is 10.6. The minimum atomic E-state index is -4.82. The number of fused-ring (bicyclic) bond motifs is 1. The minimum absolute atomic E-state index is 0.382. The topological polar surface area (TPSA) is 73.6 Å². The van der Waals surface area contributed by atoms with Gasteiger partial charge in [0.05, 0.1) is 6.26 Å². The van der Waals surface area contributed by atoms with Gasteiger partial charge >= 0.3 is 16.3 Å². The van der Waals surface area contributed by atoms with Crippen molar-refractivity contribution in [1.82, 2.24) is 14.6 Å². The zero-order chi connectivity index (χ0) is 17.0. The molecule has 1 aliphatic rings. The van der Waals surface area contributed by atoms with Crippen LogP contribution in [-0.4, -0.2) is 29.3 Å². The number of hydrogen-bond acceptors (Lipinski definition) is 5. The second kappa shape index (κ2) is 5.08. The predicted molar refractivity (Wildman–Crippen MR) is 74.6 cm³/mol. The summed E-state index contributed by atoms with van der Waals surface area (Å²) in [4.78, 5) is 0. The van der Waals surface area contributed by atoms with Gasteiger partial charge in [-0.25, -0.2) is 0 Å². The van der Waals surface area contributed by atoms with E-state index in [-0.39, 0.29) is 0 Å². The Bertz CT molecular complexity index is 870. The van der Waals surface area contributed by atoms with Crippen molar-refractivity contribution in [1.29, 1.82) is 0 Å². The van der Waals surface area contributed by atoms with Gasteiger partial charge in [-0.3, -0.25) is 4.40 Å². The largest absolute Gasteiger partial charge is 0.423 e. The molecule has 0 bridgehead atoms. The lowest BCUT2D eigenvalue weighted by Crippen LogP contribution is -2.16. The molecule has 3 rings (SSSR count). The van der Waals surface area contributed by atoms with Crippen LogP contribution in [0.15, 0.2) is 6.07 Å². The fourth-order valence-corrected chi connectivity index (χ4v) is 2.95. The van der Waals surface area contributed by atoms with E-state index in [1.54, 1.807) is 6.92 Å². The molecule has 0 amide bonds. The van der Waals surface area contributed by atoms with Crippen LogP contribution < -0.4 is 4.18 Å². The van der Waals surface area contributed by atoms with Crippen LogP contribution in [0.4, 0.5) is 13.2 Å². The normalized spacial score (nSPS) is 16.0. The van der Waals surface area contributed by atoms with Gasteiger partial charge in [0.15, 0.2) is 11.4 Å². The maximum Gasteiger partial charge on any atom is 0.423 e. The molecular weight excluding hydrogens is 335 g/mol. The monoisotopic (exact) mass is 349 g/mol. The zero-order valence-corrected chi connectivity index (χ0v) is 13.2. The molecule has 2 heterocycles. The van der Waals surface area contributed by atoms with E-state index in [1.165, 1.54) is 4.40 Å². The van der Waals surface area contributed by atoms with Crippen LogP contribution in [-0.2, 0) is 22.7 Å². The summed E-state index contributed by atoms with van der Waals surface area (Å²) in [5.74, 6) is 0.0786. The summed E-state index contributed by atoms with van der Waals surface area (Å²) in [7, 11) is -4.10. The van der Waals surface area contributed by atoms with Crippen molar-refractivity contribution in [3.8, 4) is 5.75 Å². The first kappa shape index (κ1) is 16.0. The molecule has 0 radical (unpaired) electrons. The average molecular weight is 349 g/mol. The number of nitrogens with zero attached hydrogens (tertiary/aromatic N) is 3. The van der Waals surface area contributed by atoms with Crippen LogP contribution >= 0.6 is 0 Å². The molecule has 10 heteroatoms. The third-order valence-corrected chi connectivity index (χ3v) is 4.07. The lowest BCUT2D eigenvalue weighted by atomic mass is 10.2. The molecule has 2 aromatic rings. The van der Waals surface area contributed by atoms with Crippen LogP contribution in [0.25, 0.3) is 5.65 Å². The van der Waals surface area contributed by atoms with Crippen LogP contribution in [0.3, 0.4) is 0 Å². The van der Waals surface area contributed by atoms with Gasteiger partial charge in [-0.2, -0.15) is 21.6 Å². The second-order valence-corrected chi connectivity index (χ2v) is 7.31. The number of alkyl halides is 3. The van der Waals surface area contributed by atoms with Crippen molar-refractivity contribution >= 4 is 15.8 Å². The molecule has 1 aliphatic carbocycles. The summed E-state index contributed by atoms with van der Waals surface area (Å²) in [6, 6.07) is 1.05. The fraction of sp³-hybridized carbons (Fsp3) is 0.538. The SMILES string of the molecule is Cc1cc(OS(C)(=O)=O)c(C(F)(F)F)c2nnc(CC3CC3)n12. The average Bonchev–Trinajstić information content (AvgIpc) is 3.05. The third-order valence-electron chi connectivity index (χ3n) is 3.59. The van der Waals surface area contributed by atoms with Crippen LogP contribution in [0.1, 0.15) is 29.9 Å². The Kier molecular flexibility index (Phi) is 3.54. The summed E-state index contributed by atoms with van der Waals surface area (Å²) < 4.78 is 68.6. The number of halogens is 3. The van der Waals surface area contributed by atoms with Crippen LogP contribution in [0.2, 0.25) is 0 Å². The van der Waals surface area contributed by atoms with Gasteiger partial charge in [0, 0.05) is 18.2 Å². The molecule has 0 atom stereocenters. The van der Waals surface area contributed by atoms with Gasteiger partial charge in [0.2, 0.25) is 0 Å². The van der Waals surface area contributed by atoms with Crippen LogP contribution in [0.5, 0.6) is 5.75 Å². The quantitative estimate of drug-likeness (QED) is 0.792. The summed E-state index contributed by atoms with van der Waals surface area (Å²) in [5, 5.41) is 7.49. The van der Waals surface area contributed by atoms with E-state index < -0.39 is 33.3 Å². The number of pyridine rings is 1. The molecule has 126 valence electrons. The first-order valence-electron chi connectivity index (χ1n) is 6.90. The molecule has 0 aromatic carbocycles. The van der Waals surface area contributed by atoms with E-state index in [1.807, 2.05) is 0 Å². The zero-order valence-electron chi connectivity index (χ0n) is 12.4. The van der Waals surface area contributed by atoms with E-state index in [2.05, 4.69) is 14.4 Å². The predicted octanol–water partition coefficient (Wildman–Crippen LogP) is 2.35. The van der Waals surface area contributed by atoms with Crippen molar-refractivity contribution in [3.05, 3.63) is 23.1 Å². The standard InChI is InChI=1S/C13H14F3N3O3S/c1-7-5-9(22-23(2,20)21)11(13(14,15)16)12-18-17-10(19(7)12)6-8-3-4-8/h5,8H,3-4,6H2,1-2H3. The number of rotatable bonds is 4. The van der Waals surface area contributed by atoms with Gasteiger partial charge in [0.1, 0.15) is 11.4 Å². The molecule has 0 unspecified atom stereocenters. The van der Waals surface area contributed by atoms with Gasteiger partial charge in [-0.15, -0.1) is 10.2 Å². The van der Waals surface area contributed by atoms with Gasteiger partial charge in [0.25, 0.3) is 0 Å². The number of aromatic nitrogens is 3. The highest BCUT2D eigenvalue weighted by atomic mass is 32.2. The molecule has 6 nitrogen and oxygen atoms in total. The highest BCUT2D eigenvalue weighted by Gasteiger charge is 2.40. The second-order valence-electron chi connectivity index (χ2n) is 5.73. The fourth-order valence-electron chi connectivity index (χ4n) is 2.49. The molecule has 0 N–H and O–H groups in total. The third kappa shape index (κ3) is 3.26. The van der Waals surface area contributed by atoms with E-state index in [0.29, 0.717) is 30.1 Å². The van der Waals surface area contributed by atoms with Crippen molar-refractivity contribution in [2.24, 2.45) is 5.92 Å². The molecule has 0 spiro atoms. The molecule has 1 fully saturated rings. The maximum atomic E-state index is 13.4. The Morgan fingerprint density at radius 2 is 2.00 bits per heavy atom. The van der Waals surface area contributed by atoms with Crippen molar-refractivity contribution in [2.75, 3.05) is 6.26 Å². The van der Waals surface area contributed by atoms with E-state index in [4.69, 9.17) is 0 Å². The van der Waals surface area contributed by atoms with E-state index in [9.17, 15) is 21.6 Å². The minimum Gasteiger partial charge on any atom is -0.382 e. The Balaban J connectivity index is 2.24. The summed E-state index contributed by atoms with van der Waals surface area (Å²) >= 11 is 0. The maximum absolute atomic E-state index is 13.4. The van der Waals surface area contributed by atoms with Gasteiger partial charge < -0.3 is 4.18 Å². The Labute approximate surface area is 130 Å². The number of hydrogen-bond donors (Lipinski definition) is 0. The van der Waals surface area contributed by atoms with Crippen molar-refractivity contribution in [2.45, 2.75) is 32.4 Å². The molecule has 2 aromatic heterocycles. The Morgan fingerprint density at radius 1 is 1.35 bits per heavy atom. The molecule has 0 aliphatic heterocycles. The molecule has 1 saturated carbocycles. The smallest absolute Gasteiger partial charge is 0.382 e. The van der Waals surface area contributed by atoms with E-state index >= 15 is 0 Å². The number of aryl methyl sites for hydroxylation is 1. The van der Waals surface area contributed by atoms with Crippen molar-refractivity contribution < 1.29 is 25.8 Å². The lowest BCUT2D eigenvalue weighted by Gasteiger charge is -2.15. The van der Waals surface area contributed by atoms with Gasteiger partial charge in [-0.1, -0.05) is 0 Å². The van der Waals surface area contributed by atoms with Crippen LogP contribution in [0, 0.1) is 12.8 Å². The van der Waals surface area contributed by atoms with E-state index in [0.717, 1.165) is 18.9 Å². The lowest BCUT2D eigenvalue weighted by molar-refractivity contribution is -0.137. The highest BCUT2D eigenvalue weighted by Crippen LogP contribution is 2.41. The Morgan fingerprint density at radius 3 is 2.52 bits per heavy atom. The summed E-state index contributed by atoms with van der Waals surface area (Å²) in [6.45, 7) is 1.56. The molecule has 23 heavy (non-hydrogen) atoms. The summed E-state index contributed by atoms with van der Waals surface area (Å²) in [5.41, 5.74) is -1.29. The molecular formula is C13H14F3N3O3S. The first-order valence-corrected chi connectivity index (χ1v) is 8.72. The Hall–Kier alpha value is -1.84. The molecule has 0 saturated heterocycles.